The van der Waals surface area contributed by atoms with Gasteiger partial charge in [0.1, 0.15) is 11.5 Å². The molecule has 1 aromatic rings. The first-order valence-corrected chi connectivity index (χ1v) is 7.94. The van der Waals surface area contributed by atoms with E-state index in [0.29, 0.717) is 5.76 Å². The van der Waals surface area contributed by atoms with E-state index in [0.717, 1.165) is 31.7 Å². The Bertz CT molecular complexity index is 475. The van der Waals surface area contributed by atoms with Crippen LogP contribution in [-0.4, -0.2) is 27.3 Å². The molecule has 0 aromatic carbocycles. The highest BCUT2D eigenvalue weighted by Crippen LogP contribution is 2.14. The molecule has 0 atom stereocenters. The lowest BCUT2D eigenvalue weighted by molar-refractivity contribution is 0.399. The molecule has 0 spiro atoms. The van der Waals surface area contributed by atoms with E-state index < -0.39 is 10.0 Å². The minimum absolute atomic E-state index is 0.217. The normalized spacial score (nSPS) is 18.1. The Morgan fingerprint density at radius 1 is 1.39 bits per heavy atom. The smallest absolute Gasteiger partial charge is 0.212 e. The molecule has 1 aromatic heterocycles. The number of piperidine rings is 1. The van der Waals surface area contributed by atoms with Crippen LogP contribution >= 0.6 is 0 Å². The minimum Gasteiger partial charge on any atom is -0.465 e. The number of furan rings is 1. The standard InChI is InChI=1S/C12H20N2O3S/c1-10-2-3-12(17-10)8-14-18(15,16)9-11-4-6-13-7-5-11/h2-3,11,13-14H,4-9H2,1H3. The van der Waals surface area contributed by atoms with Crippen molar-refractivity contribution in [1.29, 1.82) is 0 Å². The average molecular weight is 272 g/mol. The summed E-state index contributed by atoms with van der Waals surface area (Å²) < 4.78 is 31.7. The van der Waals surface area contributed by atoms with Gasteiger partial charge in [-0.1, -0.05) is 0 Å². The fourth-order valence-corrected chi connectivity index (χ4v) is 3.61. The molecule has 6 heteroatoms. The third-order valence-corrected chi connectivity index (χ3v) is 4.67. The van der Waals surface area contributed by atoms with Crippen LogP contribution in [0.5, 0.6) is 0 Å². The second-order valence-corrected chi connectivity index (χ2v) is 6.66. The molecular formula is C12H20N2O3S. The molecule has 2 N–H and O–H groups in total. The van der Waals surface area contributed by atoms with Crippen molar-refractivity contribution in [3.63, 3.8) is 0 Å². The number of aryl methyl sites for hydroxylation is 1. The van der Waals surface area contributed by atoms with Gasteiger partial charge in [-0.25, -0.2) is 13.1 Å². The van der Waals surface area contributed by atoms with Crippen LogP contribution in [0.25, 0.3) is 0 Å². The minimum atomic E-state index is -3.21. The Morgan fingerprint density at radius 2 is 2.11 bits per heavy atom. The van der Waals surface area contributed by atoms with Crippen molar-refractivity contribution < 1.29 is 12.8 Å². The predicted molar refractivity (Wildman–Crippen MR) is 69.7 cm³/mol. The fraction of sp³-hybridized carbons (Fsp3) is 0.667. The molecule has 1 saturated heterocycles. The van der Waals surface area contributed by atoms with Crippen LogP contribution in [0.3, 0.4) is 0 Å². The van der Waals surface area contributed by atoms with E-state index >= 15 is 0 Å². The summed E-state index contributed by atoms with van der Waals surface area (Å²) in [4.78, 5) is 0. The van der Waals surface area contributed by atoms with Gasteiger partial charge in [0.05, 0.1) is 12.3 Å². The molecule has 1 aliphatic rings. The summed E-state index contributed by atoms with van der Waals surface area (Å²) in [6, 6.07) is 3.62. The van der Waals surface area contributed by atoms with E-state index in [4.69, 9.17) is 4.42 Å². The Morgan fingerprint density at radius 3 is 2.72 bits per heavy atom. The van der Waals surface area contributed by atoms with E-state index in [9.17, 15) is 8.42 Å². The molecule has 0 amide bonds. The lowest BCUT2D eigenvalue weighted by atomic mass is 10.0. The molecule has 0 aliphatic carbocycles. The van der Waals surface area contributed by atoms with Crippen LogP contribution in [0.2, 0.25) is 0 Å². The lowest BCUT2D eigenvalue weighted by Gasteiger charge is -2.22. The molecular weight excluding hydrogens is 252 g/mol. The van der Waals surface area contributed by atoms with Gasteiger partial charge in [0.15, 0.2) is 0 Å². The molecule has 5 nitrogen and oxygen atoms in total. The number of sulfonamides is 1. The van der Waals surface area contributed by atoms with Crippen molar-refractivity contribution in [3.05, 3.63) is 23.7 Å². The first-order chi connectivity index (χ1) is 8.55. The van der Waals surface area contributed by atoms with Crippen LogP contribution in [0.15, 0.2) is 16.5 Å². The quantitative estimate of drug-likeness (QED) is 0.839. The van der Waals surface area contributed by atoms with Gasteiger partial charge in [0, 0.05) is 0 Å². The van der Waals surface area contributed by atoms with Crippen LogP contribution in [-0.2, 0) is 16.6 Å². The van der Waals surface area contributed by atoms with Gasteiger partial charge in [-0.3, -0.25) is 0 Å². The third-order valence-electron chi connectivity index (χ3n) is 3.18. The molecule has 1 fully saturated rings. The zero-order valence-corrected chi connectivity index (χ0v) is 11.4. The van der Waals surface area contributed by atoms with Crippen molar-refractivity contribution >= 4 is 10.0 Å². The Balaban J connectivity index is 1.83. The number of rotatable bonds is 5. The van der Waals surface area contributed by atoms with Gasteiger partial charge < -0.3 is 9.73 Å². The highest BCUT2D eigenvalue weighted by molar-refractivity contribution is 7.89. The topological polar surface area (TPSA) is 71.3 Å². The maximum absolute atomic E-state index is 11.9. The fourth-order valence-electron chi connectivity index (χ4n) is 2.18. The molecule has 2 heterocycles. The van der Waals surface area contributed by atoms with Gasteiger partial charge in [0.2, 0.25) is 10.0 Å². The molecule has 1 aliphatic heterocycles. The SMILES string of the molecule is Cc1ccc(CNS(=O)(=O)CC2CCNCC2)o1. The number of hydrogen-bond donors (Lipinski definition) is 2. The monoisotopic (exact) mass is 272 g/mol. The van der Waals surface area contributed by atoms with Gasteiger partial charge >= 0.3 is 0 Å². The summed E-state index contributed by atoms with van der Waals surface area (Å²) in [5.41, 5.74) is 0. The lowest BCUT2D eigenvalue weighted by Crippen LogP contribution is -2.35. The first-order valence-electron chi connectivity index (χ1n) is 6.28. The van der Waals surface area contributed by atoms with E-state index in [-0.39, 0.29) is 18.2 Å². The summed E-state index contributed by atoms with van der Waals surface area (Å²) in [7, 11) is -3.21. The maximum Gasteiger partial charge on any atom is 0.212 e. The van der Waals surface area contributed by atoms with Crippen molar-refractivity contribution in [3.8, 4) is 0 Å². The second kappa shape index (κ2) is 5.86. The van der Waals surface area contributed by atoms with E-state index in [2.05, 4.69) is 10.0 Å². The van der Waals surface area contributed by atoms with Gasteiger partial charge in [-0.2, -0.15) is 0 Å². The molecule has 0 unspecified atom stereocenters. The molecule has 102 valence electrons. The summed E-state index contributed by atoms with van der Waals surface area (Å²) in [6.07, 6.45) is 1.86. The van der Waals surface area contributed by atoms with Gasteiger partial charge in [-0.15, -0.1) is 0 Å². The van der Waals surface area contributed by atoms with Crippen molar-refractivity contribution in [1.82, 2.24) is 10.0 Å². The first kappa shape index (κ1) is 13.6. The summed E-state index contributed by atoms with van der Waals surface area (Å²) in [5.74, 6) is 1.93. The van der Waals surface area contributed by atoms with Crippen LogP contribution in [0, 0.1) is 12.8 Å². The molecule has 18 heavy (non-hydrogen) atoms. The van der Waals surface area contributed by atoms with Crippen molar-refractivity contribution in [2.75, 3.05) is 18.8 Å². The predicted octanol–water partition coefficient (Wildman–Crippen LogP) is 1.01. The summed E-state index contributed by atoms with van der Waals surface area (Å²) in [5, 5.41) is 3.23. The van der Waals surface area contributed by atoms with E-state index in [1.165, 1.54) is 0 Å². The van der Waals surface area contributed by atoms with Crippen LogP contribution in [0.1, 0.15) is 24.4 Å². The Kier molecular flexibility index (Phi) is 4.42. The number of hydrogen-bond acceptors (Lipinski definition) is 4. The van der Waals surface area contributed by atoms with Gasteiger partial charge in [0.25, 0.3) is 0 Å². The Hall–Kier alpha value is -0.850. The third kappa shape index (κ3) is 4.12. The molecule has 0 radical (unpaired) electrons. The largest absolute Gasteiger partial charge is 0.465 e. The van der Waals surface area contributed by atoms with E-state index in [1.807, 2.05) is 13.0 Å². The second-order valence-electron chi connectivity index (χ2n) is 4.81. The maximum atomic E-state index is 11.9. The molecule has 0 bridgehead atoms. The number of nitrogens with one attached hydrogen (secondary N) is 2. The van der Waals surface area contributed by atoms with Crippen molar-refractivity contribution in [2.24, 2.45) is 5.92 Å². The zero-order chi connectivity index (χ0) is 13.0. The summed E-state index contributed by atoms with van der Waals surface area (Å²) in [6.45, 7) is 3.91. The molecule has 0 saturated carbocycles. The Labute approximate surface area is 108 Å². The van der Waals surface area contributed by atoms with Crippen LogP contribution in [0.4, 0.5) is 0 Å². The molecule has 2 rings (SSSR count). The van der Waals surface area contributed by atoms with Crippen LogP contribution < -0.4 is 10.0 Å². The van der Waals surface area contributed by atoms with Crippen molar-refractivity contribution in [2.45, 2.75) is 26.3 Å². The summed E-state index contributed by atoms with van der Waals surface area (Å²) >= 11 is 0. The zero-order valence-electron chi connectivity index (χ0n) is 10.6. The highest BCUT2D eigenvalue weighted by atomic mass is 32.2. The highest BCUT2D eigenvalue weighted by Gasteiger charge is 2.21. The van der Waals surface area contributed by atoms with Gasteiger partial charge in [-0.05, 0) is 50.9 Å². The average Bonchev–Trinajstić information content (AvgIpc) is 2.74. The van der Waals surface area contributed by atoms with E-state index in [1.54, 1.807) is 6.07 Å².